The molecule has 1 aromatic rings. The highest BCUT2D eigenvalue weighted by atomic mass is 16.1. The van der Waals surface area contributed by atoms with Gasteiger partial charge in [0, 0.05) is 5.56 Å². The van der Waals surface area contributed by atoms with Crippen LogP contribution in [0.1, 0.15) is 54.4 Å². The van der Waals surface area contributed by atoms with Crippen molar-refractivity contribution in [1.29, 1.82) is 0 Å². The molecular formula is C15H21NO. The van der Waals surface area contributed by atoms with Crippen LogP contribution in [0.25, 0.3) is 0 Å². The van der Waals surface area contributed by atoms with Gasteiger partial charge in [0.25, 0.3) is 0 Å². The van der Waals surface area contributed by atoms with Crippen LogP contribution >= 0.6 is 0 Å². The molecule has 2 rings (SSSR count). The number of nitrogens with one attached hydrogen (secondary N) is 1. The van der Waals surface area contributed by atoms with Crippen LogP contribution < -0.4 is 5.32 Å². The van der Waals surface area contributed by atoms with Gasteiger partial charge in [-0.2, -0.15) is 0 Å². The number of hydrogen-bond donors (Lipinski definition) is 1. The molecular weight excluding hydrogens is 210 g/mol. The van der Waals surface area contributed by atoms with Crippen molar-refractivity contribution in [1.82, 2.24) is 5.32 Å². The largest absolute Gasteiger partial charge is 0.310 e. The van der Waals surface area contributed by atoms with Crippen LogP contribution in [0.15, 0.2) is 24.3 Å². The molecule has 1 aliphatic carbocycles. The third-order valence-corrected chi connectivity index (χ3v) is 3.50. The van der Waals surface area contributed by atoms with E-state index in [0.717, 1.165) is 18.5 Å². The van der Waals surface area contributed by atoms with Crippen molar-refractivity contribution in [2.45, 2.75) is 38.5 Å². The highest BCUT2D eigenvalue weighted by molar-refractivity contribution is 5.97. The first kappa shape index (κ1) is 12.3. The number of Topliss-reactive ketones (excluding diaryl/α,β-unsaturated/α-hetero) is 1. The molecule has 0 unspecified atom stereocenters. The number of carbonyl (C=O) groups is 1. The van der Waals surface area contributed by atoms with E-state index in [1.165, 1.54) is 24.8 Å². The lowest BCUT2D eigenvalue weighted by atomic mass is 9.79. The fraction of sp³-hybridized carbons (Fsp3) is 0.533. The molecule has 1 N–H and O–H groups in total. The molecule has 0 aliphatic heterocycles. The molecule has 0 bridgehead atoms. The summed E-state index contributed by atoms with van der Waals surface area (Å²) in [5.41, 5.74) is 2.20. The van der Waals surface area contributed by atoms with Crippen molar-refractivity contribution in [2.24, 2.45) is 0 Å². The summed E-state index contributed by atoms with van der Waals surface area (Å²) in [7, 11) is 0. The van der Waals surface area contributed by atoms with Crippen LogP contribution in [0.3, 0.4) is 0 Å². The van der Waals surface area contributed by atoms with Crippen LogP contribution in [-0.4, -0.2) is 18.9 Å². The molecule has 0 amide bonds. The minimum absolute atomic E-state index is 0.208. The number of benzene rings is 1. The average molecular weight is 231 g/mol. The molecule has 2 nitrogen and oxygen atoms in total. The molecule has 1 aromatic carbocycles. The van der Waals surface area contributed by atoms with Crippen molar-refractivity contribution < 1.29 is 4.79 Å². The van der Waals surface area contributed by atoms with Crippen LogP contribution in [0, 0.1) is 0 Å². The van der Waals surface area contributed by atoms with Gasteiger partial charge in [0.05, 0.1) is 6.54 Å². The van der Waals surface area contributed by atoms with Gasteiger partial charge in [0.1, 0.15) is 0 Å². The van der Waals surface area contributed by atoms with E-state index in [1.54, 1.807) is 0 Å². The van der Waals surface area contributed by atoms with Gasteiger partial charge in [0.15, 0.2) is 5.78 Å². The summed E-state index contributed by atoms with van der Waals surface area (Å²) in [4.78, 5) is 11.9. The van der Waals surface area contributed by atoms with Crippen molar-refractivity contribution >= 4 is 5.78 Å². The monoisotopic (exact) mass is 231 g/mol. The molecule has 0 atom stereocenters. The van der Waals surface area contributed by atoms with E-state index in [9.17, 15) is 4.79 Å². The van der Waals surface area contributed by atoms with Crippen molar-refractivity contribution in [3.8, 4) is 0 Å². The van der Waals surface area contributed by atoms with Crippen LogP contribution in [0.4, 0.5) is 0 Å². The summed E-state index contributed by atoms with van der Waals surface area (Å²) in [6.45, 7) is 3.48. The van der Waals surface area contributed by atoms with Crippen molar-refractivity contribution in [3.63, 3.8) is 0 Å². The summed E-state index contributed by atoms with van der Waals surface area (Å²) in [5.74, 6) is 0.908. The molecule has 0 radical (unpaired) electrons. The quantitative estimate of drug-likeness (QED) is 0.602. The first-order valence-corrected chi connectivity index (χ1v) is 6.65. The predicted molar refractivity (Wildman–Crippen MR) is 70.5 cm³/mol. The molecule has 92 valence electrons. The third-order valence-electron chi connectivity index (χ3n) is 3.50. The minimum Gasteiger partial charge on any atom is -0.310 e. The van der Waals surface area contributed by atoms with E-state index in [4.69, 9.17) is 0 Å². The van der Waals surface area contributed by atoms with E-state index >= 15 is 0 Å². The smallest absolute Gasteiger partial charge is 0.176 e. The lowest BCUT2D eigenvalue weighted by Crippen LogP contribution is -2.23. The standard InChI is InChI=1S/C15H21NO/c1-2-9-16-11-15(17)14-8-4-7-13(10-14)12-5-3-6-12/h4,7-8,10,12,16H,2-3,5-6,9,11H2,1H3. The van der Waals surface area contributed by atoms with E-state index in [1.807, 2.05) is 12.1 Å². The summed E-state index contributed by atoms with van der Waals surface area (Å²) in [6.07, 6.45) is 4.97. The minimum atomic E-state index is 0.208. The van der Waals surface area contributed by atoms with Gasteiger partial charge >= 0.3 is 0 Å². The molecule has 1 aliphatic rings. The van der Waals surface area contributed by atoms with E-state index < -0.39 is 0 Å². The summed E-state index contributed by atoms with van der Waals surface area (Å²) >= 11 is 0. The number of ketones is 1. The van der Waals surface area contributed by atoms with Gasteiger partial charge in [-0.1, -0.05) is 31.5 Å². The summed E-state index contributed by atoms with van der Waals surface area (Å²) < 4.78 is 0. The van der Waals surface area contributed by atoms with E-state index in [2.05, 4.69) is 24.4 Å². The Morgan fingerprint density at radius 1 is 1.41 bits per heavy atom. The first-order valence-electron chi connectivity index (χ1n) is 6.65. The van der Waals surface area contributed by atoms with Gasteiger partial charge in [-0.25, -0.2) is 0 Å². The first-order chi connectivity index (χ1) is 8.31. The lowest BCUT2D eigenvalue weighted by molar-refractivity contribution is 0.0991. The summed E-state index contributed by atoms with van der Waals surface area (Å²) in [5, 5.41) is 3.16. The van der Waals surface area contributed by atoms with Gasteiger partial charge in [-0.05, 0) is 43.4 Å². The lowest BCUT2D eigenvalue weighted by Gasteiger charge is -2.26. The highest BCUT2D eigenvalue weighted by Crippen LogP contribution is 2.36. The SMILES string of the molecule is CCCNCC(=O)c1cccc(C2CCC2)c1. The fourth-order valence-corrected chi connectivity index (χ4v) is 2.19. The van der Waals surface area contributed by atoms with Gasteiger partial charge in [0.2, 0.25) is 0 Å². The summed E-state index contributed by atoms with van der Waals surface area (Å²) in [6, 6.07) is 8.18. The van der Waals surface area contributed by atoms with Crippen LogP contribution in [-0.2, 0) is 0 Å². The van der Waals surface area contributed by atoms with E-state index in [-0.39, 0.29) is 5.78 Å². The molecule has 2 heteroatoms. The van der Waals surface area contributed by atoms with Gasteiger partial charge in [-0.15, -0.1) is 0 Å². The van der Waals surface area contributed by atoms with Crippen molar-refractivity contribution in [3.05, 3.63) is 35.4 Å². The zero-order chi connectivity index (χ0) is 12.1. The number of rotatable bonds is 6. The Labute approximate surface area is 103 Å². The fourth-order valence-electron chi connectivity index (χ4n) is 2.19. The van der Waals surface area contributed by atoms with Gasteiger partial charge in [-0.3, -0.25) is 4.79 Å². The average Bonchev–Trinajstić information content (AvgIpc) is 2.27. The zero-order valence-corrected chi connectivity index (χ0v) is 10.5. The maximum absolute atomic E-state index is 11.9. The number of carbonyl (C=O) groups excluding carboxylic acids is 1. The van der Waals surface area contributed by atoms with E-state index in [0.29, 0.717) is 12.5 Å². The second-order valence-electron chi connectivity index (χ2n) is 4.85. The Morgan fingerprint density at radius 2 is 2.24 bits per heavy atom. The van der Waals surface area contributed by atoms with Crippen LogP contribution in [0.2, 0.25) is 0 Å². The predicted octanol–water partition coefficient (Wildman–Crippen LogP) is 3.14. The second-order valence-corrected chi connectivity index (χ2v) is 4.85. The molecule has 1 saturated carbocycles. The molecule has 0 aromatic heterocycles. The Bertz CT molecular complexity index is 382. The molecule has 17 heavy (non-hydrogen) atoms. The topological polar surface area (TPSA) is 29.1 Å². The number of hydrogen-bond acceptors (Lipinski definition) is 2. The Balaban J connectivity index is 1.97. The molecule has 1 fully saturated rings. The molecule has 0 heterocycles. The second kappa shape index (κ2) is 5.97. The maximum atomic E-state index is 11.9. The van der Waals surface area contributed by atoms with Crippen molar-refractivity contribution in [2.75, 3.05) is 13.1 Å². The molecule has 0 spiro atoms. The Hall–Kier alpha value is -1.15. The van der Waals surface area contributed by atoms with Crippen LogP contribution in [0.5, 0.6) is 0 Å². The maximum Gasteiger partial charge on any atom is 0.176 e. The molecule has 0 saturated heterocycles. The third kappa shape index (κ3) is 3.16. The Kier molecular flexibility index (Phi) is 4.32. The normalized spacial score (nSPS) is 15.6. The van der Waals surface area contributed by atoms with Gasteiger partial charge < -0.3 is 5.32 Å². The highest BCUT2D eigenvalue weighted by Gasteiger charge is 2.20. The zero-order valence-electron chi connectivity index (χ0n) is 10.5. The Morgan fingerprint density at radius 3 is 2.88 bits per heavy atom.